The number of nitrogens with one attached hydrogen (secondary N) is 1. The van der Waals surface area contributed by atoms with Crippen molar-refractivity contribution < 1.29 is 0 Å². The fourth-order valence-electron chi connectivity index (χ4n) is 8.50. The van der Waals surface area contributed by atoms with Crippen LogP contribution in [0, 0.1) is 0 Å². The van der Waals surface area contributed by atoms with Crippen molar-refractivity contribution in [3.8, 4) is 33.4 Å². The summed E-state index contributed by atoms with van der Waals surface area (Å²) in [6.07, 6.45) is 6.43. The van der Waals surface area contributed by atoms with E-state index in [1.165, 1.54) is 88.4 Å². The highest BCUT2D eigenvalue weighted by molar-refractivity contribution is 6.14. The highest BCUT2D eigenvalue weighted by Gasteiger charge is 2.53. The molecule has 45 heavy (non-hydrogen) atoms. The second-order valence-corrected chi connectivity index (χ2v) is 12.4. The Bertz CT molecular complexity index is 2380. The Labute approximate surface area is 262 Å². The second kappa shape index (κ2) is 9.17. The van der Waals surface area contributed by atoms with Crippen LogP contribution in [0.4, 0.5) is 0 Å². The van der Waals surface area contributed by atoms with Crippen LogP contribution < -0.4 is 5.32 Å². The number of hydrogen-bond donors (Lipinski definition) is 1. The Kier molecular flexibility index (Phi) is 5.04. The summed E-state index contributed by atoms with van der Waals surface area (Å²) in [4.78, 5) is 0. The van der Waals surface area contributed by atoms with E-state index in [-0.39, 0.29) is 0 Å². The Morgan fingerprint density at radius 1 is 0.489 bits per heavy atom. The topological polar surface area (TPSA) is 12.0 Å². The maximum Gasteiger partial charge on any atom is 0.0731 e. The number of allylic oxidation sites excluding steroid dienone is 2. The standard InChI is InChI=1S/C44H29N/c1-2-12-31-28(11-1)24-25-36-42-35-16-4-3-13-32(35)37(29-20-22-30(23-21-29)41-19-9-10-26-45-41)27-40(42)44(43(31)36)38-17-7-5-14-33(38)34-15-6-8-18-39(34)44/h1-25,27,45H,26H2. The number of rotatable bonds is 2. The third-order valence-corrected chi connectivity index (χ3v) is 10.3. The van der Waals surface area contributed by atoms with Crippen molar-refractivity contribution >= 4 is 27.2 Å². The lowest BCUT2D eigenvalue weighted by Gasteiger charge is -2.32. The van der Waals surface area contributed by atoms with Crippen LogP contribution in [0.25, 0.3) is 60.6 Å². The molecule has 3 aliphatic rings. The summed E-state index contributed by atoms with van der Waals surface area (Å²) >= 11 is 0. The molecule has 0 fully saturated rings. The van der Waals surface area contributed by atoms with Gasteiger partial charge in [0.1, 0.15) is 0 Å². The average molecular weight is 572 g/mol. The number of fused-ring (bicyclic) bond motifs is 14. The van der Waals surface area contributed by atoms with Crippen molar-refractivity contribution in [2.24, 2.45) is 0 Å². The van der Waals surface area contributed by atoms with E-state index in [1.54, 1.807) is 0 Å². The molecule has 1 heterocycles. The molecule has 1 N–H and O–H groups in total. The molecule has 2 aliphatic carbocycles. The molecule has 0 bridgehead atoms. The fourth-order valence-corrected chi connectivity index (χ4v) is 8.50. The van der Waals surface area contributed by atoms with Gasteiger partial charge in [-0.25, -0.2) is 0 Å². The third kappa shape index (κ3) is 3.22. The highest BCUT2D eigenvalue weighted by atomic mass is 14.9. The third-order valence-electron chi connectivity index (χ3n) is 10.3. The zero-order valence-corrected chi connectivity index (χ0v) is 24.7. The van der Waals surface area contributed by atoms with Gasteiger partial charge in [-0.05, 0) is 94.9 Å². The van der Waals surface area contributed by atoms with E-state index in [9.17, 15) is 0 Å². The summed E-state index contributed by atoms with van der Waals surface area (Å²) in [6, 6.07) is 52.5. The van der Waals surface area contributed by atoms with Crippen molar-refractivity contribution in [3.05, 3.63) is 186 Å². The first-order valence-electron chi connectivity index (χ1n) is 15.8. The smallest absolute Gasteiger partial charge is 0.0731 e. The van der Waals surface area contributed by atoms with Gasteiger partial charge in [-0.2, -0.15) is 0 Å². The molecule has 0 saturated carbocycles. The quantitative estimate of drug-likeness (QED) is 0.218. The monoisotopic (exact) mass is 571 g/mol. The van der Waals surface area contributed by atoms with Crippen LogP contribution in [0.1, 0.15) is 27.8 Å². The summed E-state index contributed by atoms with van der Waals surface area (Å²) < 4.78 is 0. The van der Waals surface area contributed by atoms with Crippen molar-refractivity contribution in [2.45, 2.75) is 5.41 Å². The molecule has 0 radical (unpaired) electrons. The van der Waals surface area contributed by atoms with Crippen LogP contribution >= 0.6 is 0 Å². The lowest BCUT2D eigenvalue weighted by Crippen LogP contribution is -2.26. The second-order valence-electron chi connectivity index (χ2n) is 12.4. The molecular formula is C44H29N. The molecule has 1 spiro atoms. The number of hydrogen-bond acceptors (Lipinski definition) is 1. The van der Waals surface area contributed by atoms with E-state index in [4.69, 9.17) is 0 Å². The Morgan fingerprint density at radius 2 is 1.13 bits per heavy atom. The largest absolute Gasteiger partial charge is 0.381 e. The zero-order valence-electron chi connectivity index (χ0n) is 24.7. The molecule has 1 aliphatic heterocycles. The Morgan fingerprint density at radius 3 is 1.87 bits per heavy atom. The molecule has 210 valence electrons. The molecule has 10 rings (SSSR count). The van der Waals surface area contributed by atoms with Gasteiger partial charge in [0, 0.05) is 12.2 Å². The predicted octanol–water partition coefficient (Wildman–Crippen LogP) is 10.5. The number of dihydropyridines is 1. The lowest BCUT2D eigenvalue weighted by atomic mass is 9.69. The Balaban J connectivity index is 1.34. The summed E-state index contributed by atoms with van der Waals surface area (Å²) in [5, 5.41) is 8.72. The lowest BCUT2D eigenvalue weighted by molar-refractivity contribution is 0.802. The SMILES string of the molecule is C1=CCNC(c2ccc(-c3cc4c(c5ccccc35)-c3ccc5ccccc5c3C43c4ccccc4-c4ccccc43)cc2)=C1. The van der Waals surface area contributed by atoms with Crippen LogP contribution in [-0.2, 0) is 5.41 Å². The maximum atomic E-state index is 3.51. The van der Waals surface area contributed by atoms with E-state index < -0.39 is 5.41 Å². The van der Waals surface area contributed by atoms with Crippen LogP contribution in [-0.4, -0.2) is 6.54 Å². The minimum Gasteiger partial charge on any atom is -0.381 e. The van der Waals surface area contributed by atoms with Crippen LogP contribution in [0.2, 0.25) is 0 Å². The molecule has 0 saturated heterocycles. The highest BCUT2D eigenvalue weighted by Crippen LogP contribution is 2.65. The van der Waals surface area contributed by atoms with Gasteiger partial charge in [0.15, 0.2) is 0 Å². The van der Waals surface area contributed by atoms with E-state index in [0.29, 0.717) is 0 Å². The van der Waals surface area contributed by atoms with Crippen molar-refractivity contribution in [2.75, 3.05) is 6.54 Å². The molecule has 7 aromatic rings. The van der Waals surface area contributed by atoms with Crippen molar-refractivity contribution in [1.82, 2.24) is 5.32 Å². The van der Waals surface area contributed by atoms with Gasteiger partial charge in [0.2, 0.25) is 0 Å². The first-order chi connectivity index (χ1) is 22.3. The van der Waals surface area contributed by atoms with E-state index in [2.05, 4.69) is 163 Å². The van der Waals surface area contributed by atoms with Crippen LogP contribution in [0.5, 0.6) is 0 Å². The summed E-state index contributed by atoms with van der Waals surface area (Å²) in [5.74, 6) is 0. The molecule has 0 atom stereocenters. The summed E-state index contributed by atoms with van der Waals surface area (Å²) in [6.45, 7) is 0.864. The van der Waals surface area contributed by atoms with E-state index in [1.807, 2.05) is 0 Å². The fraction of sp³-hybridized carbons (Fsp3) is 0.0455. The molecule has 0 amide bonds. The minimum atomic E-state index is -0.416. The maximum absolute atomic E-state index is 3.51. The first kappa shape index (κ1) is 24.7. The summed E-state index contributed by atoms with van der Waals surface area (Å²) in [5.41, 5.74) is 15.4. The average Bonchev–Trinajstić information content (AvgIpc) is 3.59. The molecule has 1 heteroatoms. The van der Waals surface area contributed by atoms with Gasteiger partial charge in [-0.1, -0.05) is 146 Å². The van der Waals surface area contributed by atoms with Crippen LogP contribution in [0.15, 0.2) is 158 Å². The molecule has 0 aromatic heterocycles. The van der Waals surface area contributed by atoms with Gasteiger partial charge in [0.25, 0.3) is 0 Å². The minimum absolute atomic E-state index is 0.416. The Hall–Kier alpha value is -5.66. The first-order valence-corrected chi connectivity index (χ1v) is 15.8. The van der Waals surface area contributed by atoms with Crippen molar-refractivity contribution in [1.29, 1.82) is 0 Å². The molecular weight excluding hydrogens is 542 g/mol. The normalized spacial score (nSPS) is 15.0. The van der Waals surface area contributed by atoms with Gasteiger partial charge < -0.3 is 5.32 Å². The molecule has 7 aromatic carbocycles. The van der Waals surface area contributed by atoms with Crippen LogP contribution in [0.3, 0.4) is 0 Å². The molecule has 1 nitrogen and oxygen atoms in total. The van der Waals surface area contributed by atoms with Gasteiger partial charge >= 0.3 is 0 Å². The summed E-state index contributed by atoms with van der Waals surface area (Å²) in [7, 11) is 0. The van der Waals surface area contributed by atoms with Gasteiger partial charge in [-0.15, -0.1) is 0 Å². The zero-order chi connectivity index (χ0) is 29.5. The number of benzene rings is 7. The van der Waals surface area contributed by atoms with E-state index >= 15 is 0 Å². The van der Waals surface area contributed by atoms with Gasteiger partial charge in [0.05, 0.1) is 5.41 Å². The molecule has 0 unspecified atom stereocenters. The van der Waals surface area contributed by atoms with E-state index in [0.717, 1.165) is 6.54 Å². The predicted molar refractivity (Wildman–Crippen MR) is 188 cm³/mol. The van der Waals surface area contributed by atoms with Crippen molar-refractivity contribution in [3.63, 3.8) is 0 Å². The van der Waals surface area contributed by atoms with Gasteiger partial charge in [-0.3, -0.25) is 0 Å².